The number of H-pyrrole nitrogens is 1. The molecule has 0 saturated heterocycles. The minimum absolute atomic E-state index is 0.114. The normalized spacial score (nSPS) is 15.1. The number of benzene rings is 1. The maximum Gasteiger partial charge on any atom is 0.421 e. The standard InChI is InChI=1S/C12H10ClF3N2O2/c1-20-10(19)11(17,12(14,15)16)8-5-18-9-3-2-6(13)4-7(8)9/h2-5,18H,17H2,1H3. The number of alkyl halides is 3. The van der Waals surface area contributed by atoms with Gasteiger partial charge in [-0.25, -0.2) is 4.79 Å². The van der Waals surface area contributed by atoms with Crippen LogP contribution in [0.15, 0.2) is 24.4 Å². The fourth-order valence-corrected chi connectivity index (χ4v) is 2.13. The number of carbonyl (C=O) groups excluding carboxylic acids is 1. The Hall–Kier alpha value is -1.73. The maximum atomic E-state index is 13.3. The van der Waals surface area contributed by atoms with Gasteiger partial charge in [-0.1, -0.05) is 11.6 Å². The molecule has 2 rings (SSSR count). The van der Waals surface area contributed by atoms with Gasteiger partial charge in [0.2, 0.25) is 5.54 Å². The molecule has 0 bridgehead atoms. The highest BCUT2D eigenvalue weighted by atomic mass is 35.5. The number of aromatic nitrogens is 1. The molecular weight excluding hydrogens is 297 g/mol. The molecular formula is C12H10ClF3N2O2. The van der Waals surface area contributed by atoms with E-state index in [4.69, 9.17) is 17.3 Å². The summed E-state index contributed by atoms with van der Waals surface area (Å²) in [7, 11) is 0.845. The van der Waals surface area contributed by atoms with Gasteiger partial charge in [-0.05, 0) is 18.2 Å². The highest BCUT2D eigenvalue weighted by Gasteiger charge is 2.61. The first-order valence-corrected chi connectivity index (χ1v) is 5.80. The van der Waals surface area contributed by atoms with Gasteiger partial charge in [-0.15, -0.1) is 0 Å². The Morgan fingerprint density at radius 2 is 2.05 bits per heavy atom. The van der Waals surface area contributed by atoms with Gasteiger partial charge in [0.05, 0.1) is 7.11 Å². The Kier molecular flexibility index (Phi) is 3.43. The Bertz CT molecular complexity index is 668. The van der Waals surface area contributed by atoms with E-state index in [-0.39, 0.29) is 10.4 Å². The van der Waals surface area contributed by atoms with Crippen LogP contribution < -0.4 is 5.73 Å². The van der Waals surface area contributed by atoms with E-state index in [1.807, 2.05) is 0 Å². The number of hydrogen-bond donors (Lipinski definition) is 2. The fraction of sp³-hybridized carbons (Fsp3) is 0.250. The number of methoxy groups -OCH3 is 1. The molecule has 1 aromatic heterocycles. The molecule has 1 heterocycles. The number of aromatic amines is 1. The fourth-order valence-electron chi connectivity index (χ4n) is 1.96. The maximum absolute atomic E-state index is 13.3. The van der Waals surface area contributed by atoms with Gasteiger partial charge in [0.25, 0.3) is 0 Å². The highest BCUT2D eigenvalue weighted by Crippen LogP contribution is 2.41. The van der Waals surface area contributed by atoms with E-state index in [1.54, 1.807) is 0 Å². The first-order valence-electron chi connectivity index (χ1n) is 5.43. The van der Waals surface area contributed by atoms with E-state index in [0.717, 1.165) is 13.3 Å². The summed E-state index contributed by atoms with van der Waals surface area (Å²) >= 11 is 5.77. The quantitative estimate of drug-likeness (QED) is 0.838. The molecule has 8 heteroatoms. The van der Waals surface area contributed by atoms with Crippen LogP contribution >= 0.6 is 11.6 Å². The van der Waals surface area contributed by atoms with Crippen LogP contribution in [0.1, 0.15) is 5.56 Å². The molecule has 0 amide bonds. The monoisotopic (exact) mass is 306 g/mol. The Balaban J connectivity index is 2.76. The number of nitrogens with one attached hydrogen (secondary N) is 1. The minimum Gasteiger partial charge on any atom is -0.467 e. The van der Waals surface area contributed by atoms with Crippen molar-refractivity contribution >= 4 is 28.5 Å². The van der Waals surface area contributed by atoms with Crippen LogP contribution in [0.25, 0.3) is 10.9 Å². The zero-order chi connectivity index (χ0) is 15.1. The summed E-state index contributed by atoms with van der Waals surface area (Å²) < 4.78 is 44.0. The SMILES string of the molecule is COC(=O)C(N)(c1c[nH]c2ccc(Cl)cc12)C(F)(F)F. The van der Waals surface area contributed by atoms with Gasteiger partial charge in [0.15, 0.2) is 0 Å². The number of rotatable bonds is 2. The molecule has 1 aromatic carbocycles. The number of nitrogens with two attached hydrogens (primary N) is 1. The molecule has 0 fully saturated rings. The van der Waals surface area contributed by atoms with Crippen LogP contribution in [-0.2, 0) is 15.1 Å². The summed E-state index contributed by atoms with van der Waals surface area (Å²) in [6, 6.07) is 4.31. The second-order valence-corrected chi connectivity index (χ2v) is 4.63. The third-order valence-corrected chi connectivity index (χ3v) is 3.26. The third-order valence-electron chi connectivity index (χ3n) is 3.02. The molecule has 108 valence electrons. The van der Waals surface area contributed by atoms with Crippen molar-refractivity contribution in [2.24, 2.45) is 5.73 Å². The predicted octanol–water partition coefficient (Wildman–Crippen LogP) is 2.71. The molecule has 0 aliphatic carbocycles. The van der Waals surface area contributed by atoms with Crippen LogP contribution in [0.3, 0.4) is 0 Å². The van der Waals surface area contributed by atoms with Gasteiger partial charge in [-0.3, -0.25) is 0 Å². The van der Waals surface area contributed by atoms with Gasteiger partial charge in [0, 0.05) is 27.7 Å². The molecule has 0 aliphatic heterocycles. The topological polar surface area (TPSA) is 68.1 Å². The largest absolute Gasteiger partial charge is 0.467 e. The second kappa shape index (κ2) is 4.68. The summed E-state index contributed by atoms with van der Waals surface area (Å²) in [5.74, 6) is -1.59. The second-order valence-electron chi connectivity index (χ2n) is 4.19. The van der Waals surface area contributed by atoms with Gasteiger partial charge < -0.3 is 15.5 Å². The number of ether oxygens (including phenoxy) is 1. The van der Waals surface area contributed by atoms with E-state index in [9.17, 15) is 18.0 Å². The number of halogens is 4. The first kappa shape index (κ1) is 14.7. The lowest BCUT2D eigenvalue weighted by Crippen LogP contribution is -2.57. The average Bonchev–Trinajstić information content (AvgIpc) is 2.78. The molecule has 3 N–H and O–H groups in total. The minimum atomic E-state index is -5.02. The molecule has 20 heavy (non-hydrogen) atoms. The number of esters is 1. The van der Waals surface area contributed by atoms with Crippen molar-refractivity contribution in [2.75, 3.05) is 7.11 Å². The summed E-state index contributed by atoms with van der Waals surface area (Å²) in [5.41, 5.74) is 2.04. The molecule has 2 aromatic rings. The number of hydrogen-bond acceptors (Lipinski definition) is 3. The summed E-state index contributed by atoms with van der Waals surface area (Å²) in [6.45, 7) is 0. The van der Waals surface area contributed by atoms with Crippen molar-refractivity contribution in [1.29, 1.82) is 0 Å². The Morgan fingerprint density at radius 1 is 1.40 bits per heavy atom. The molecule has 0 aliphatic rings. The number of carbonyl (C=O) groups is 1. The van der Waals surface area contributed by atoms with E-state index in [1.165, 1.54) is 18.2 Å². The third kappa shape index (κ3) is 2.03. The summed E-state index contributed by atoms with van der Waals surface area (Å²) in [5, 5.41) is 0.343. The van der Waals surface area contributed by atoms with Crippen LogP contribution in [0, 0.1) is 0 Å². The Labute approximate surface area is 116 Å². The zero-order valence-corrected chi connectivity index (χ0v) is 11.0. The summed E-state index contributed by atoms with van der Waals surface area (Å²) in [6.07, 6.45) is -3.98. The van der Waals surface area contributed by atoms with Gasteiger partial charge in [0.1, 0.15) is 0 Å². The molecule has 1 atom stereocenters. The van der Waals surface area contributed by atoms with Crippen molar-refractivity contribution in [2.45, 2.75) is 11.7 Å². The van der Waals surface area contributed by atoms with Crippen molar-refractivity contribution in [3.05, 3.63) is 35.0 Å². The number of fused-ring (bicyclic) bond motifs is 1. The van der Waals surface area contributed by atoms with Gasteiger partial charge in [-0.2, -0.15) is 13.2 Å². The molecule has 0 radical (unpaired) electrons. The molecule has 1 unspecified atom stereocenters. The Morgan fingerprint density at radius 3 is 2.60 bits per heavy atom. The smallest absolute Gasteiger partial charge is 0.421 e. The van der Waals surface area contributed by atoms with E-state index in [0.29, 0.717) is 5.52 Å². The highest BCUT2D eigenvalue weighted by molar-refractivity contribution is 6.31. The van der Waals surface area contributed by atoms with Crippen LogP contribution in [0.4, 0.5) is 13.2 Å². The lowest BCUT2D eigenvalue weighted by atomic mass is 9.90. The average molecular weight is 307 g/mol. The lowest BCUT2D eigenvalue weighted by molar-refractivity contribution is -0.206. The molecule has 0 spiro atoms. The van der Waals surface area contributed by atoms with Crippen LogP contribution in [-0.4, -0.2) is 24.2 Å². The van der Waals surface area contributed by atoms with Crippen molar-refractivity contribution in [3.8, 4) is 0 Å². The van der Waals surface area contributed by atoms with E-state index >= 15 is 0 Å². The predicted molar refractivity (Wildman–Crippen MR) is 67.2 cm³/mol. The zero-order valence-electron chi connectivity index (χ0n) is 10.2. The van der Waals surface area contributed by atoms with Crippen LogP contribution in [0.2, 0.25) is 5.02 Å². The van der Waals surface area contributed by atoms with Crippen molar-refractivity contribution < 1.29 is 22.7 Å². The molecule has 4 nitrogen and oxygen atoms in total. The van der Waals surface area contributed by atoms with Gasteiger partial charge >= 0.3 is 12.1 Å². The van der Waals surface area contributed by atoms with Crippen molar-refractivity contribution in [1.82, 2.24) is 4.98 Å². The first-order chi connectivity index (χ1) is 9.21. The van der Waals surface area contributed by atoms with E-state index in [2.05, 4.69) is 9.72 Å². The van der Waals surface area contributed by atoms with E-state index < -0.39 is 23.2 Å². The summed E-state index contributed by atoms with van der Waals surface area (Å²) in [4.78, 5) is 14.2. The lowest BCUT2D eigenvalue weighted by Gasteiger charge is -2.28. The van der Waals surface area contributed by atoms with Crippen molar-refractivity contribution in [3.63, 3.8) is 0 Å². The molecule has 0 saturated carbocycles. The van der Waals surface area contributed by atoms with Crippen LogP contribution in [0.5, 0.6) is 0 Å².